The van der Waals surface area contributed by atoms with E-state index >= 15 is 0 Å². The number of carbonyl (C=O) groups excluding carboxylic acids is 2. The maximum atomic E-state index is 11.9. The molecule has 0 saturated carbocycles. The van der Waals surface area contributed by atoms with Crippen molar-refractivity contribution in [2.45, 2.75) is 39.5 Å². The summed E-state index contributed by atoms with van der Waals surface area (Å²) in [5, 5.41) is 0. The SMILES string of the molecule is CCc1cccc(C)c1N1C(=O)CCCC1=O. The summed E-state index contributed by atoms with van der Waals surface area (Å²) in [6.45, 7) is 3.99. The Balaban J connectivity index is 2.51. The van der Waals surface area contributed by atoms with Crippen LogP contribution >= 0.6 is 0 Å². The predicted octanol–water partition coefficient (Wildman–Crippen LogP) is 2.60. The molecule has 0 radical (unpaired) electrons. The fourth-order valence-electron chi connectivity index (χ4n) is 2.33. The number of carbonyl (C=O) groups is 2. The van der Waals surface area contributed by atoms with Gasteiger partial charge in [0.15, 0.2) is 0 Å². The fourth-order valence-corrected chi connectivity index (χ4v) is 2.33. The molecule has 0 aliphatic carbocycles. The van der Waals surface area contributed by atoms with Crippen LogP contribution in [0, 0.1) is 6.92 Å². The van der Waals surface area contributed by atoms with Gasteiger partial charge in [-0.2, -0.15) is 0 Å². The topological polar surface area (TPSA) is 37.4 Å². The van der Waals surface area contributed by atoms with Crippen LogP contribution in [-0.2, 0) is 16.0 Å². The van der Waals surface area contributed by atoms with Crippen LogP contribution in [0.1, 0.15) is 37.3 Å². The number of nitrogens with zero attached hydrogens (tertiary/aromatic N) is 1. The summed E-state index contributed by atoms with van der Waals surface area (Å²) < 4.78 is 0. The number of piperidine rings is 1. The number of imide groups is 1. The minimum Gasteiger partial charge on any atom is -0.274 e. The first-order chi connectivity index (χ1) is 8.15. The molecular formula is C14H17NO2. The van der Waals surface area contributed by atoms with E-state index in [9.17, 15) is 9.59 Å². The Hall–Kier alpha value is -1.64. The first kappa shape index (κ1) is 11.8. The van der Waals surface area contributed by atoms with Gasteiger partial charge < -0.3 is 0 Å². The second-order valence-electron chi connectivity index (χ2n) is 4.41. The molecular weight excluding hydrogens is 214 g/mol. The number of benzene rings is 1. The molecule has 2 rings (SSSR count). The molecule has 3 heteroatoms. The van der Waals surface area contributed by atoms with Crippen LogP contribution in [0.15, 0.2) is 18.2 Å². The lowest BCUT2D eigenvalue weighted by molar-refractivity contribution is -0.129. The lowest BCUT2D eigenvalue weighted by Crippen LogP contribution is -2.41. The van der Waals surface area contributed by atoms with Crippen LogP contribution in [0.5, 0.6) is 0 Å². The van der Waals surface area contributed by atoms with E-state index < -0.39 is 0 Å². The fraction of sp³-hybridized carbons (Fsp3) is 0.429. The molecule has 1 aromatic rings. The molecule has 0 atom stereocenters. The van der Waals surface area contributed by atoms with Crippen molar-refractivity contribution in [3.63, 3.8) is 0 Å². The van der Waals surface area contributed by atoms with E-state index in [0.717, 1.165) is 23.2 Å². The summed E-state index contributed by atoms with van der Waals surface area (Å²) in [4.78, 5) is 25.2. The van der Waals surface area contributed by atoms with Crippen LogP contribution < -0.4 is 4.90 Å². The molecule has 1 fully saturated rings. The Morgan fingerprint density at radius 3 is 2.41 bits per heavy atom. The van der Waals surface area contributed by atoms with Gasteiger partial charge in [0.05, 0.1) is 5.69 Å². The normalized spacial score (nSPS) is 16.5. The Bertz CT molecular complexity index is 449. The third-order valence-corrected chi connectivity index (χ3v) is 3.21. The molecule has 0 spiro atoms. The van der Waals surface area contributed by atoms with Crippen molar-refractivity contribution in [3.05, 3.63) is 29.3 Å². The van der Waals surface area contributed by atoms with Crippen LogP contribution in [0.2, 0.25) is 0 Å². The predicted molar refractivity (Wildman–Crippen MR) is 66.9 cm³/mol. The molecule has 2 amide bonds. The second-order valence-corrected chi connectivity index (χ2v) is 4.41. The molecule has 90 valence electrons. The highest BCUT2D eigenvalue weighted by atomic mass is 16.2. The van der Waals surface area contributed by atoms with E-state index in [4.69, 9.17) is 0 Å². The average molecular weight is 231 g/mol. The summed E-state index contributed by atoms with van der Waals surface area (Å²) in [6.07, 6.45) is 2.46. The van der Waals surface area contributed by atoms with Crippen molar-refractivity contribution in [2.24, 2.45) is 0 Å². The number of hydrogen-bond donors (Lipinski definition) is 0. The lowest BCUT2D eigenvalue weighted by Gasteiger charge is -2.28. The number of amides is 2. The Kier molecular flexibility index (Phi) is 3.27. The minimum absolute atomic E-state index is 0.0646. The van der Waals surface area contributed by atoms with Crippen LogP contribution in [0.3, 0.4) is 0 Å². The standard InChI is InChI=1S/C14H17NO2/c1-3-11-7-4-6-10(2)14(11)15-12(16)8-5-9-13(15)17/h4,6-7H,3,5,8-9H2,1-2H3. The molecule has 0 aromatic heterocycles. The quantitative estimate of drug-likeness (QED) is 0.734. The van der Waals surface area contributed by atoms with Gasteiger partial charge in [-0.3, -0.25) is 14.5 Å². The van der Waals surface area contributed by atoms with Crippen LogP contribution in [-0.4, -0.2) is 11.8 Å². The molecule has 1 saturated heterocycles. The molecule has 1 heterocycles. The summed E-state index contributed by atoms with van der Waals surface area (Å²) in [5.74, 6) is -0.129. The third-order valence-electron chi connectivity index (χ3n) is 3.21. The van der Waals surface area contributed by atoms with E-state index in [1.54, 1.807) is 0 Å². The minimum atomic E-state index is -0.0646. The smallest absolute Gasteiger partial charge is 0.233 e. The Morgan fingerprint density at radius 1 is 1.18 bits per heavy atom. The van der Waals surface area contributed by atoms with Crippen molar-refractivity contribution in [3.8, 4) is 0 Å². The highest BCUT2D eigenvalue weighted by Gasteiger charge is 2.29. The summed E-state index contributed by atoms with van der Waals surface area (Å²) in [6, 6.07) is 5.90. The zero-order chi connectivity index (χ0) is 12.4. The van der Waals surface area contributed by atoms with Crippen LogP contribution in [0.25, 0.3) is 0 Å². The van der Waals surface area contributed by atoms with Gasteiger partial charge in [-0.15, -0.1) is 0 Å². The molecule has 1 aliphatic heterocycles. The van der Waals surface area contributed by atoms with Crippen molar-refractivity contribution in [2.75, 3.05) is 4.90 Å². The number of rotatable bonds is 2. The highest BCUT2D eigenvalue weighted by Crippen LogP contribution is 2.29. The molecule has 1 aliphatic rings. The van der Waals surface area contributed by atoms with Gasteiger partial charge in [0.25, 0.3) is 0 Å². The maximum Gasteiger partial charge on any atom is 0.233 e. The molecule has 0 unspecified atom stereocenters. The lowest BCUT2D eigenvalue weighted by atomic mass is 10.0. The van der Waals surface area contributed by atoms with Gasteiger partial charge in [-0.05, 0) is 30.9 Å². The number of anilines is 1. The number of para-hydroxylation sites is 1. The van der Waals surface area contributed by atoms with Gasteiger partial charge in [0, 0.05) is 12.8 Å². The first-order valence-electron chi connectivity index (χ1n) is 6.09. The van der Waals surface area contributed by atoms with Crippen molar-refractivity contribution < 1.29 is 9.59 Å². The molecule has 0 N–H and O–H groups in total. The van der Waals surface area contributed by atoms with E-state index in [0.29, 0.717) is 19.3 Å². The first-order valence-corrected chi connectivity index (χ1v) is 6.09. The highest BCUT2D eigenvalue weighted by molar-refractivity contribution is 6.17. The zero-order valence-electron chi connectivity index (χ0n) is 10.3. The molecule has 1 aromatic carbocycles. The Morgan fingerprint density at radius 2 is 1.82 bits per heavy atom. The molecule has 3 nitrogen and oxygen atoms in total. The number of hydrogen-bond acceptors (Lipinski definition) is 2. The van der Waals surface area contributed by atoms with E-state index in [1.807, 2.05) is 32.0 Å². The van der Waals surface area contributed by atoms with Gasteiger partial charge in [0.2, 0.25) is 11.8 Å². The van der Waals surface area contributed by atoms with Gasteiger partial charge >= 0.3 is 0 Å². The molecule has 0 bridgehead atoms. The van der Waals surface area contributed by atoms with Crippen molar-refractivity contribution in [1.29, 1.82) is 0 Å². The van der Waals surface area contributed by atoms with Crippen molar-refractivity contribution in [1.82, 2.24) is 0 Å². The van der Waals surface area contributed by atoms with Crippen LogP contribution in [0.4, 0.5) is 5.69 Å². The summed E-state index contributed by atoms with van der Waals surface area (Å²) in [5.41, 5.74) is 2.87. The third kappa shape index (κ3) is 2.09. The molecule has 17 heavy (non-hydrogen) atoms. The summed E-state index contributed by atoms with van der Waals surface area (Å²) in [7, 11) is 0. The van der Waals surface area contributed by atoms with E-state index in [2.05, 4.69) is 0 Å². The largest absolute Gasteiger partial charge is 0.274 e. The Labute approximate surface area is 101 Å². The summed E-state index contributed by atoms with van der Waals surface area (Å²) >= 11 is 0. The zero-order valence-corrected chi connectivity index (χ0v) is 10.3. The second kappa shape index (κ2) is 4.70. The maximum absolute atomic E-state index is 11.9. The average Bonchev–Trinajstić information content (AvgIpc) is 2.30. The van der Waals surface area contributed by atoms with Crippen molar-refractivity contribution >= 4 is 17.5 Å². The van der Waals surface area contributed by atoms with E-state index in [-0.39, 0.29) is 11.8 Å². The van der Waals surface area contributed by atoms with Gasteiger partial charge in [-0.1, -0.05) is 25.1 Å². The number of aryl methyl sites for hydroxylation is 2. The monoisotopic (exact) mass is 231 g/mol. The van der Waals surface area contributed by atoms with E-state index in [1.165, 1.54) is 4.90 Å². The van der Waals surface area contributed by atoms with Gasteiger partial charge in [0.1, 0.15) is 0 Å². The van der Waals surface area contributed by atoms with Gasteiger partial charge in [-0.25, -0.2) is 0 Å².